The van der Waals surface area contributed by atoms with Crippen LogP contribution in [0.4, 0.5) is 0 Å². The van der Waals surface area contributed by atoms with Crippen LogP contribution in [0.1, 0.15) is 36.0 Å². The van der Waals surface area contributed by atoms with Crippen LogP contribution in [-0.2, 0) is 0 Å². The number of hydrogen-bond donors (Lipinski definition) is 0. The Balaban J connectivity index is 2.36. The average molecular weight is 234 g/mol. The van der Waals surface area contributed by atoms with E-state index in [1.807, 2.05) is 11.6 Å². The van der Waals surface area contributed by atoms with E-state index in [0.29, 0.717) is 4.83 Å². The largest absolute Gasteiger partial charge is 0.249 e. The molecule has 0 amide bonds. The minimum Gasteiger partial charge on any atom is -0.249 e. The second-order valence-corrected chi connectivity index (χ2v) is 4.51. The van der Waals surface area contributed by atoms with Gasteiger partial charge in [-0.25, -0.2) is 4.98 Å². The summed E-state index contributed by atoms with van der Waals surface area (Å²) in [6.45, 7) is 2.21. The molecule has 1 aromatic heterocycles. The lowest BCUT2D eigenvalue weighted by Gasteiger charge is -2.03. The third-order valence-corrected chi connectivity index (χ3v) is 3.61. The van der Waals surface area contributed by atoms with E-state index >= 15 is 0 Å². The van der Waals surface area contributed by atoms with Crippen molar-refractivity contribution in [1.29, 1.82) is 0 Å². The Morgan fingerprint density at radius 3 is 3.09 bits per heavy atom. The van der Waals surface area contributed by atoms with Crippen molar-refractivity contribution < 1.29 is 0 Å². The zero-order valence-electron chi connectivity index (χ0n) is 6.59. The topological polar surface area (TPSA) is 12.9 Å². The van der Waals surface area contributed by atoms with Crippen molar-refractivity contribution in [1.82, 2.24) is 4.98 Å². The zero-order chi connectivity index (χ0) is 8.10. The van der Waals surface area contributed by atoms with Crippen molar-refractivity contribution in [3.8, 4) is 0 Å². The quantitative estimate of drug-likeness (QED) is 0.722. The van der Waals surface area contributed by atoms with Crippen LogP contribution in [0.15, 0.2) is 11.6 Å². The summed E-state index contributed by atoms with van der Waals surface area (Å²) in [5.74, 6) is 0. The predicted octanol–water partition coefficient (Wildman–Crippen LogP) is 3.77. The zero-order valence-corrected chi connectivity index (χ0v) is 8.99. The molecule has 0 saturated heterocycles. The SMILES string of the molecule is CCCCC(Br)c1nccs1. The summed E-state index contributed by atoms with van der Waals surface area (Å²) < 4.78 is 0. The van der Waals surface area contributed by atoms with Crippen molar-refractivity contribution in [2.75, 3.05) is 0 Å². The monoisotopic (exact) mass is 233 g/mol. The van der Waals surface area contributed by atoms with Crippen LogP contribution in [0, 0.1) is 0 Å². The first-order valence-corrected chi connectivity index (χ1v) is 5.67. The van der Waals surface area contributed by atoms with Gasteiger partial charge in [0.15, 0.2) is 0 Å². The van der Waals surface area contributed by atoms with Gasteiger partial charge in [-0.1, -0.05) is 35.7 Å². The molecule has 3 heteroatoms. The van der Waals surface area contributed by atoms with Crippen LogP contribution >= 0.6 is 27.3 Å². The molecule has 1 nitrogen and oxygen atoms in total. The lowest BCUT2D eigenvalue weighted by Crippen LogP contribution is -1.87. The maximum atomic E-state index is 4.24. The highest BCUT2D eigenvalue weighted by Crippen LogP contribution is 2.29. The molecule has 0 aliphatic heterocycles. The molecule has 1 aromatic rings. The molecule has 11 heavy (non-hydrogen) atoms. The van der Waals surface area contributed by atoms with Gasteiger partial charge in [0.1, 0.15) is 5.01 Å². The molecule has 0 aliphatic rings. The van der Waals surface area contributed by atoms with E-state index in [0.717, 1.165) is 0 Å². The molecule has 0 N–H and O–H groups in total. The first-order valence-electron chi connectivity index (χ1n) is 3.88. The fourth-order valence-electron chi connectivity index (χ4n) is 0.896. The van der Waals surface area contributed by atoms with Crippen molar-refractivity contribution >= 4 is 27.3 Å². The molecule has 62 valence electrons. The summed E-state index contributed by atoms with van der Waals surface area (Å²) in [6, 6.07) is 0. The van der Waals surface area contributed by atoms with Crippen molar-refractivity contribution in [3.63, 3.8) is 0 Å². The van der Waals surface area contributed by atoms with Crippen LogP contribution in [0.25, 0.3) is 0 Å². The van der Waals surface area contributed by atoms with Gasteiger partial charge < -0.3 is 0 Å². The van der Waals surface area contributed by atoms with Gasteiger partial charge in [0.25, 0.3) is 0 Å². The first kappa shape index (κ1) is 9.20. The highest BCUT2D eigenvalue weighted by Gasteiger charge is 2.07. The summed E-state index contributed by atoms with van der Waals surface area (Å²) >= 11 is 5.34. The molecule has 0 bridgehead atoms. The van der Waals surface area contributed by atoms with Gasteiger partial charge in [-0.05, 0) is 6.42 Å². The second-order valence-electron chi connectivity index (χ2n) is 2.48. The number of rotatable bonds is 4. The molecule has 0 fully saturated rings. The Bertz CT molecular complexity index is 186. The van der Waals surface area contributed by atoms with Crippen LogP contribution in [-0.4, -0.2) is 4.98 Å². The highest BCUT2D eigenvalue weighted by molar-refractivity contribution is 9.09. The number of aromatic nitrogens is 1. The van der Waals surface area contributed by atoms with Crippen molar-refractivity contribution in [2.45, 2.75) is 31.0 Å². The second kappa shape index (κ2) is 4.88. The Morgan fingerprint density at radius 2 is 2.55 bits per heavy atom. The number of nitrogens with zero attached hydrogens (tertiary/aromatic N) is 1. The number of alkyl halides is 1. The van der Waals surface area contributed by atoms with Gasteiger partial charge in [-0.3, -0.25) is 0 Å². The van der Waals surface area contributed by atoms with E-state index in [4.69, 9.17) is 0 Å². The molecular formula is C8H12BrNS. The van der Waals surface area contributed by atoms with Crippen molar-refractivity contribution in [2.24, 2.45) is 0 Å². The smallest absolute Gasteiger partial charge is 0.106 e. The van der Waals surface area contributed by atoms with Gasteiger partial charge in [0.05, 0.1) is 4.83 Å². The first-order chi connectivity index (χ1) is 5.34. The van der Waals surface area contributed by atoms with Crippen LogP contribution < -0.4 is 0 Å². The Morgan fingerprint density at radius 1 is 1.73 bits per heavy atom. The number of halogens is 1. The Labute approximate surface area is 80.0 Å². The third kappa shape index (κ3) is 2.91. The lowest BCUT2D eigenvalue weighted by atomic mass is 10.2. The summed E-state index contributed by atoms with van der Waals surface area (Å²) in [5, 5.41) is 3.23. The fourth-order valence-corrected chi connectivity index (χ4v) is 2.31. The molecule has 1 heterocycles. The summed E-state index contributed by atoms with van der Waals surface area (Å²) in [7, 11) is 0. The van der Waals surface area contributed by atoms with Gasteiger partial charge in [0.2, 0.25) is 0 Å². The van der Waals surface area contributed by atoms with Gasteiger partial charge in [0, 0.05) is 11.6 Å². The van der Waals surface area contributed by atoms with E-state index in [-0.39, 0.29) is 0 Å². The van der Waals surface area contributed by atoms with Crippen LogP contribution in [0.5, 0.6) is 0 Å². The molecule has 0 spiro atoms. The molecule has 0 aliphatic carbocycles. The van der Waals surface area contributed by atoms with Gasteiger partial charge in [-0.2, -0.15) is 0 Å². The average Bonchev–Trinajstić information content (AvgIpc) is 2.52. The van der Waals surface area contributed by atoms with Gasteiger partial charge in [-0.15, -0.1) is 11.3 Å². The Hall–Kier alpha value is 0.110. The van der Waals surface area contributed by atoms with E-state index < -0.39 is 0 Å². The number of thiazole rings is 1. The van der Waals surface area contributed by atoms with Gasteiger partial charge >= 0.3 is 0 Å². The highest BCUT2D eigenvalue weighted by atomic mass is 79.9. The minimum absolute atomic E-state index is 0.474. The van der Waals surface area contributed by atoms with E-state index in [1.54, 1.807) is 11.3 Å². The van der Waals surface area contributed by atoms with E-state index in [1.165, 1.54) is 24.3 Å². The maximum absolute atomic E-state index is 4.24. The normalized spacial score (nSPS) is 13.3. The maximum Gasteiger partial charge on any atom is 0.106 e. The predicted molar refractivity (Wildman–Crippen MR) is 53.3 cm³/mol. The summed E-state index contributed by atoms with van der Waals surface area (Å²) in [4.78, 5) is 4.72. The minimum atomic E-state index is 0.474. The molecular weight excluding hydrogens is 222 g/mol. The van der Waals surface area contributed by atoms with Crippen LogP contribution in [0.2, 0.25) is 0 Å². The standard InChI is InChI=1S/C8H12BrNS/c1-2-3-4-7(9)8-10-5-6-11-8/h5-7H,2-4H2,1H3. The molecule has 1 atom stereocenters. The fraction of sp³-hybridized carbons (Fsp3) is 0.625. The van der Waals surface area contributed by atoms with Crippen molar-refractivity contribution in [3.05, 3.63) is 16.6 Å². The van der Waals surface area contributed by atoms with Crippen LogP contribution in [0.3, 0.4) is 0 Å². The number of hydrogen-bond acceptors (Lipinski definition) is 2. The molecule has 1 unspecified atom stereocenters. The van der Waals surface area contributed by atoms with E-state index in [9.17, 15) is 0 Å². The molecule has 0 saturated carbocycles. The summed E-state index contributed by atoms with van der Waals surface area (Å²) in [5.41, 5.74) is 0. The third-order valence-electron chi connectivity index (χ3n) is 1.53. The number of unbranched alkanes of at least 4 members (excludes halogenated alkanes) is 1. The molecule has 0 aromatic carbocycles. The molecule has 1 rings (SSSR count). The lowest BCUT2D eigenvalue weighted by molar-refractivity contribution is 0.710. The summed E-state index contributed by atoms with van der Waals surface area (Å²) in [6.07, 6.45) is 5.59. The Kier molecular flexibility index (Phi) is 4.08. The molecule has 0 radical (unpaired) electrons. The van der Waals surface area contributed by atoms with E-state index in [2.05, 4.69) is 27.8 Å².